The molecule has 0 spiro atoms. The van der Waals surface area contributed by atoms with Gasteiger partial charge in [-0.2, -0.15) is 0 Å². The van der Waals surface area contributed by atoms with Crippen LogP contribution in [0.1, 0.15) is 18.2 Å². The molecule has 0 bridgehead atoms. The van der Waals surface area contributed by atoms with E-state index in [1.54, 1.807) is 31.2 Å². The molecule has 2 aromatic rings. The lowest BCUT2D eigenvalue weighted by molar-refractivity contribution is -0.131. The van der Waals surface area contributed by atoms with Crippen molar-refractivity contribution in [1.82, 2.24) is 19.4 Å². The first-order valence-corrected chi connectivity index (χ1v) is 8.19. The van der Waals surface area contributed by atoms with Gasteiger partial charge in [-0.25, -0.2) is 9.59 Å². The molecule has 0 unspecified atom stereocenters. The standard InChI is InChI=1S/C17H17ClN4O4/c1-17(11-6-4-5-7-12(11)18)14(24)22(15(25)19-17)9-10-8-13(23)21(3)16(26)20(10)2/h4-8H,9H2,1-3H3,(H,19,25)/t17-/m0/s1. The Labute approximate surface area is 153 Å². The van der Waals surface area contributed by atoms with Crippen LogP contribution in [0, 0.1) is 0 Å². The maximum Gasteiger partial charge on any atom is 0.330 e. The van der Waals surface area contributed by atoms with Crippen molar-refractivity contribution in [3.05, 3.63) is 67.4 Å². The largest absolute Gasteiger partial charge is 0.330 e. The number of hydrogen-bond acceptors (Lipinski definition) is 4. The molecule has 136 valence electrons. The zero-order valence-corrected chi connectivity index (χ0v) is 15.2. The normalized spacial score (nSPS) is 19.8. The summed E-state index contributed by atoms with van der Waals surface area (Å²) in [6.07, 6.45) is 0. The molecule has 1 aromatic heterocycles. The number of urea groups is 1. The summed E-state index contributed by atoms with van der Waals surface area (Å²) in [5.74, 6) is -0.510. The highest BCUT2D eigenvalue weighted by atomic mass is 35.5. The van der Waals surface area contributed by atoms with E-state index in [0.717, 1.165) is 9.47 Å². The molecule has 3 amide bonds. The van der Waals surface area contributed by atoms with E-state index in [1.807, 2.05) is 0 Å². The minimum atomic E-state index is -1.33. The van der Waals surface area contributed by atoms with Crippen LogP contribution in [0.15, 0.2) is 39.9 Å². The van der Waals surface area contributed by atoms with Crippen molar-refractivity contribution in [2.45, 2.75) is 19.0 Å². The maximum absolute atomic E-state index is 13.0. The number of halogens is 1. The van der Waals surface area contributed by atoms with Crippen LogP contribution in [-0.4, -0.2) is 26.0 Å². The van der Waals surface area contributed by atoms with Crippen LogP contribution >= 0.6 is 11.6 Å². The fourth-order valence-corrected chi connectivity index (χ4v) is 3.31. The first-order chi connectivity index (χ1) is 12.2. The van der Waals surface area contributed by atoms with Gasteiger partial charge >= 0.3 is 11.7 Å². The van der Waals surface area contributed by atoms with E-state index in [0.29, 0.717) is 10.6 Å². The van der Waals surface area contributed by atoms with Crippen LogP contribution in [0.3, 0.4) is 0 Å². The number of carbonyl (C=O) groups is 2. The Morgan fingerprint density at radius 1 is 1.08 bits per heavy atom. The Hall–Kier alpha value is -2.87. The lowest BCUT2D eigenvalue weighted by Crippen LogP contribution is -2.42. The molecular formula is C17H17ClN4O4. The number of carbonyl (C=O) groups excluding carboxylic acids is 2. The average molecular weight is 377 g/mol. The van der Waals surface area contributed by atoms with Crippen molar-refractivity contribution in [3.63, 3.8) is 0 Å². The van der Waals surface area contributed by atoms with Crippen molar-refractivity contribution in [1.29, 1.82) is 0 Å². The highest BCUT2D eigenvalue weighted by molar-refractivity contribution is 6.32. The second-order valence-electron chi connectivity index (χ2n) is 6.30. The first-order valence-electron chi connectivity index (χ1n) is 7.82. The molecule has 1 fully saturated rings. The number of nitrogens with zero attached hydrogens (tertiary/aromatic N) is 3. The van der Waals surface area contributed by atoms with E-state index < -0.39 is 28.7 Å². The molecule has 0 aliphatic carbocycles. The molecule has 0 saturated carbocycles. The van der Waals surface area contributed by atoms with Crippen molar-refractivity contribution in [3.8, 4) is 0 Å². The Kier molecular flexibility index (Phi) is 4.23. The average Bonchev–Trinajstić information content (AvgIpc) is 2.82. The third-order valence-electron chi connectivity index (χ3n) is 4.63. The minimum absolute atomic E-state index is 0.202. The van der Waals surface area contributed by atoms with Crippen molar-refractivity contribution in [2.24, 2.45) is 14.1 Å². The summed E-state index contributed by atoms with van der Waals surface area (Å²) in [7, 11) is 2.83. The summed E-state index contributed by atoms with van der Waals surface area (Å²) in [6, 6.07) is 7.36. The van der Waals surface area contributed by atoms with E-state index in [9.17, 15) is 19.2 Å². The molecule has 1 N–H and O–H groups in total. The van der Waals surface area contributed by atoms with Crippen molar-refractivity contribution in [2.75, 3.05) is 0 Å². The Bertz CT molecular complexity index is 1040. The topological polar surface area (TPSA) is 93.4 Å². The minimum Gasteiger partial charge on any atom is -0.319 e. The summed E-state index contributed by atoms with van der Waals surface area (Å²) in [5.41, 5.74) is -1.64. The first kappa shape index (κ1) is 17.9. The Morgan fingerprint density at radius 3 is 2.38 bits per heavy atom. The molecule has 1 atom stereocenters. The summed E-state index contributed by atoms with van der Waals surface area (Å²) in [6.45, 7) is 1.37. The highest BCUT2D eigenvalue weighted by Crippen LogP contribution is 2.33. The molecule has 3 rings (SSSR count). The zero-order valence-electron chi connectivity index (χ0n) is 14.4. The maximum atomic E-state index is 13.0. The fourth-order valence-electron chi connectivity index (χ4n) is 2.98. The highest BCUT2D eigenvalue weighted by Gasteiger charge is 2.49. The summed E-state index contributed by atoms with van der Waals surface area (Å²) in [4.78, 5) is 50.3. The summed E-state index contributed by atoms with van der Waals surface area (Å²) in [5, 5.41) is 3.00. The van der Waals surface area contributed by atoms with E-state index >= 15 is 0 Å². The van der Waals surface area contributed by atoms with Gasteiger partial charge in [0.25, 0.3) is 11.5 Å². The predicted octanol–water partition coefficient (Wildman–Crippen LogP) is 0.705. The molecule has 1 aliphatic rings. The molecular weight excluding hydrogens is 360 g/mol. The Morgan fingerprint density at radius 2 is 1.73 bits per heavy atom. The number of aromatic nitrogens is 2. The van der Waals surface area contributed by atoms with Gasteiger partial charge in [-0.3, -0.25) is 23.6 Å². The lowest BCUT2D eigenvalue weighted by atomic mass is 9.92. The van der Waals surface area contributed by atoms with Gasteiger partial charge in [0, 0.05) is 36.4 Å². The fraction of sp³-hybridized carbons (Fsp3) is 0.294. The second kappa shape index (κ2) is 6.14. The quantitative estimate of drug-likeness (QED) is 0.798. The number of rotatable bonds is 3. The van der Waals surface area contributed by atoms with Gasteiger partial charge in [0.2, 0.25) is 0 Å². The smallest absolute Gasteiger partial charge is 0.319 e. The van der Waals surface area contributed by atoms with E-state index in [2.05, 4.69) is 5.32 Å². The molecule has 26 heavy (non-hydrogen) atoms. The van der Waals surface area contributed by atoms with Crippen molar-refractivity contribution < 1.29 is 9.59 Å². The Balaban J connectivity index is 2.00. The van der Waals surface area contributed by atoms with Gasteiger partial charge in [-0.15, -0.1) is 0 Å². The van der Waals surface area contributed by atoms with Gasteiger partial charge in [0.15, 0.2) is 0 Å². The number of nitrogens with one attached hydrogen (secondary N) is 1. The SMILES string of the molecule is Cn1c(CN2C(=O)N[C@@](C)(c3ccccc3Cl)C2=O)cc(=O)n(C)c1=O. The van der Waals surface area contributed by atoms with Crippen molar-refractivity contribution >= 4 is 23.5 Å². The van der Waals surface area contributed by atoms with E-state index in [4.69, 9.17) is 11.6 Å². The molecule has 2 heterocycles. The number of benzene rings is 1. The number of imide groups is 1. The van der Waals surface area contributed by atoms with Gasteiger partial charge in [-0.05, 0) is 13.0 Å². The lowest BCUT2D eigenvalue weighted by Gasteiger charge is -2.23. The van der Waals surface area contributed by atoms with E-state index in [1.165, 1.54) is 24.7 Å². The number of hydrogen-bond donors (Lipinski definition) is 1. The van der Waals surface area contributed by atoms with Crippen LogP contribution in [0.4, 0.5) is 4.79 Å². The van der Waals surface area contributed by atoms with Crippen LogP contribution < -0.4 is 16.6 Å². The number of amides is 3. The molecule has 8 nitrogen and oxygen atoms in total. The molecule has 1 saturated heterocycles. The third kappa shape index (κ3) is 2.62. The van der Waals surface area contributed by atoms with Gasteiger partial charge in [0.05, 0.1) is 6.54 Å². The van der Waals surface area contributed by atoms with Gasteiger partial charge in [0.1, 0.15) is 5.54 Å². The molecule has 1 aliphatic heterocycles. The van der Waals surface area contributed by atoms with Crippen LogP contribution in [-0.2, 0) is 31.0 Å². The monoisotopic (exact) mass is 376 g/mol. The van der Waals surface area contributed by atoms with Gasteiger partial charge in [-0.1, -0.05) is 29.8 Å². The van der Waals surface area contributed by atoms with Crippen LogP contribution in [0.2, 0.25) is 5.02 Å². The van der Waals surface area contributed by atoms with Crippen LogP contribution in [0.25, 0.3) is 0 Å². The predicted molar refractivity (Wildman–Crippen MR) is 94.8 cm³/mol. The molecule has 9 heteroatoms. The molecule has 1 aromatic carbocycles. The summed E-state index contributed by atoms with van der Waals surface area (Å²) >= 11 is 6.19. The van der Waals surface area contributed by atoms with Gasteiger partial charge < -0.3 is 5.32 Å². The second-order valence-corrected chi connectivity index (χ2v) is 6.71. The zero-order chi connectivity index (χ0) is 19.2. The summed E-state index contributed by atoms with van der Waals surface area (Å²) < 4.78 is 2.18. The van der Waals surface area contributed by atoms with E-state index in [-0.39, 0.29) is 12.2 Å². The molecule has 0 radical (unpaired) electrons. The van der Waals surface area contributed by atoms with Crippen LogP contribution in [0.5, 0.6) is 0 Å². The third-order valence-corrected chi connectivity index (χ3v) is 4.96.